The molecule has 0 bridgehead atoms. The number of halogens is 1. The van der Waals surface area contributed by atoms with Gasteiger partial charge in [0.1, 0.15) is 11.4 Å². The van der Waals surface area contributed by atoms with Crippen LogP contribution in [0.4, 0.5) is 0 Å². The number of nitrogens with zero attached hydrogens (tertiary/aromatic N) is 2. The molecule has 0 saturated carbocycles. The number of aromatic amines is 1. The van der Waals surface area contributed by atoms with Crippen molar-refractivity contribution in [1.82, 2.24) is 14.8 Å². The van der Waals surface area contributed by atoms with Gasteiger partial charge in [0.2, 0.25) is 0 Å². The summed E-state index contributed by atoms with van der Waals surface area (Å²) in [4.78, 5) is 14.6. The molecule has 0 amide bonds. The third kappa shape index (κ3) is 2.19. The maximum Gasteiger partial charge on any atom is 0.348 e. The topological polar surface area (TPSA) is 70.9 Å². The lowest BCUT2D eigenvalue weighted by atomic mass is 10.2. The molecule has 100 valence electrons. The van der Waals surface area contributed by atoms with E-state index >= 15 is 0 Å². The molecule has 0 spiro atoms. The number of rotatable bonds is 2. The molecule has 1 aromatic heterocycles. The first kappa shape index (κ1) is 12.5. The second-order valence-electron chi connectivity index (χ2n) is 4.19. The number of nitrogens with one attached hydrogen (secondary N) is 1. The van der Waals surface area contributed by atoms with Crippen molar-refractivity contribution in [2.45, 2.75) is 0 Å². The Morgan fingerprint density at radius 2 is 1.90 bits per heavy atom. The van der Waals surface area contributed by atoms with Crippen LogP contribution in [0.3, 0.4) is 0 Å². The van der Waals surface area contributed by atoms with Crippen LogP contribution in [-0.4, -0.2) is 19.9 Å². The summed E-state index contributed by atoms with van der Waals surface area (Å²) < 4.78 is 1.09. The molecule has 3 aromatic rings. The normalized spacial score (nSPS) is 10.7. The predicted molar refractivity (Wildman–Crippen MR) is 76.3 cm³/mol. The Hall–Kier alpha value is -2.53. The Morgan fingerprint density at radius 3 is 2.65 bits per heavy atom. The number of phenols is 1. The van der Waals surface area contributed by atoms with Crippen molar-refractivity contribution in [1.29, 1.82) is 0 Å². The van der Waals surface area contributed by atoms with Gasteiger partial charge in [0.05, 0.1) is 0 Å². The molecule has 20 heavy (non-hydrogen) atoms. The van der Waals surface area contributed by atoms with Crippen LogP contribution >= 0.6 is 11.6 Å². The van der Waals surface area contributed by atoms with Crippen LogP contribution < -0.4 is 5.69 Å². The van der Waals surface area contributed by atoms with Gasteiger partial charge >= 0.3 is 5.69 Å². The summed E-state index contributed by atoms with van der Waals surface area (Å²) in [5, 5.41) is 14.4. The van der Waals surface area contributed by atoms with Gasteiger partial charge in [-0.1, -0.05) is 41.9 Å². The Morgan fingerprint density at radius 1 is 1.15 bits per heavy atom. The van der Waals surface area contributed by atoms with Gasteiger partial charge in [-0.25, -0.2) is 4.79 Å². The minimum atomic E-state index is -0.443. The number of phenolic OH excluding ortho intramolecular Hbond substituents is 1. The lowest BCUT2D eigenvalue weighted by molar-refractivity contribution is 0.470. The van der Waals surface area contributed by atoms with E-state index in [0.29, 0.717) is 10.8 Å². The standard InChI is InChI=1S/C14H10ClN3O2/c15-10-6-7-12(19)11(8-10)18-14(20)16-13(17-18)9-4-2-1-3-5-9/h1-8,19H,(H,16,17,20). The van der Waals surface area contributed by atoms with Crippen molar-refractivity contribution in [3.63, 3.8) is 0 Å². The van der Waals surface area contributed by atoms with E-state index in [2.05, 4.69) is 10.1 Å². The number of benzene rings is 2. The Kier molecular flexibility index (Phi) is 3.04. The molecular weight excluding hydrogens is 278 g/mol. The zero-order chi connectivity index (χ0) is 14.1. The molecule has 0 radical (unpaired) electrons. The number of H-pyrrole nitrogens is 1. The van der Waals surface area contributed by atoms with Gasteiger partial charge in [-0.3, -0.25) is 4.98 Å². The van der Waals surface area contributed by atoms with Crippen LogP contribution in [0.5, 0.6) is 5.75 Å². The molecular formula is C14H10ClN3O2. The fourth-order valence-electron chi connectivity index (χ4n) is 1.88. The summed E-state index contributed by atoms with van der Waals surface area (Å²) in [6.45, 7) is 0. The highest BCUT2D eigenvalue weighted by molar-refractivity contribution is 6.30. The molecule has 5 nitrogen and oxygen atoms in total. The van der Waals surface area contributed by atoms with Crippen molar-refractivity contribution >= 4 is 11.6 Å². The number of hydrogen-bond donors (Lipinski definition) is 2. The monoisotopic (exact) mass is 287 g/mol. The molecule has 6 heteroatoms. The first-order valence-electron chi connectivity index (χ1n) is 5.89. The second kappa shape index (κ2) is 4.86. The van der Waals surface area contributed by atoms with E-state index in [1.165, 1.54) is 18.2 Å². The molecule has 0 unspecified atom stereocenters. The summed E-state index contributed by atoms with van der Waals surface area (Å²) in [5.41, 5.74) is 0.576. The molecule has 0 aliphatic rings. The fraction of sp³-hybridized carbons (Fsp3) is 0. The minimum absolute atomic E-state index is 0.0670. The first-order chi connectivity index (χ1) is 9.65. The average molecular weight is 288 g/mol. The van der Waals surface area contributed by atoms with E-state index in [0.717, 1.165) is 10.2 Å². The summed E-state index contributed by atoms with van der Waals surface area (Å²) in [5.74, 6) is 0.359. The van der Waals surface area contributed by atoms with Crippen molar-refractivity contribution in [2.24, 2.45) is 0 Å². The van der Waals surface area contributed by atoms with Gasteiger partial charge in [0.25, 0.3) is 0 Å². The highest BCUT2D eigenvalue weighted by Gasteiger charge is 2.12. The van der Waals surface area contributed by atoms with Gasteiger partial charge in [-0.2, -0.15) is 4.68 Å². The molecule has 0 atom stereocenters. The average Bonchev–Trinajstić information content (AvgIpc) is 2.84. The van der Waals surface area contributed by atoms with E-state index in [1.807, 2.05) is 30.3 Å². The summed E-state index contributed by atoms with van der Waals surface area (Å²) in [6, 6.07) is 13.7. The fourth-order valence-corrected chi connectivity index (χ4v) is 2.05. The first-order valence-corrected chi connectivity index (χ1v) is 6.26. The lowest BCUT2D eigenvalue weighted by Crippen LogP contribution is -2.16. The highest BCUT2D eigenvalue weighted by atomic mass is 35.5. The smallest absolute Gasteiger partial charge is 0.348 e. The number of aromatic hydroxyl groups is 1. The zero-order valence-electron chi connectivity index (χ0n) is 10.2. The molecule has 0 aliphatic heterocycles. The zero-order valence-corrected chi connectivity index (χ0v) is 11.0. The molecule has 1 heterocycles. The Balaban J connectivity index is 2.15. The highest BCUT2D eigenvalue weighted by Crippen LogP contribution is 2.24. The third-order valence-electron chi connectivity index (χ3n) is 2.83. The molecule has 0 aliphatic carbocycles. The van der Waals surface area contributed by atoms with Crippen molar-refractivity contribution in [3.05, 3.63) is 64.0 Å². The molecule has 0 fully saturated rings. The second-order valence-corrected chi connectivity index (χ2v) is 4.63. The molecule has 0 saturated heterocycles. The van der Waals surface area contributed by atoms with Gasteiger partial charge in [0, 0.05) is 10.6 Å². The Labute approximate surface area is 119 Å². The van der Waals surface area contributed by atoms with Gasteiger partial charge in [-0.05, 0) is 18.2 Å². The van der Waals surface area contributed by atoms with Crippen molar-refractivity contribution in [3.8, 4) is 22.8 Å². The molecule has 2 aromatic carbocycles. The van der Waals surface area contributed by atoms with Crippen LogP contribution in [-0.2, 0) is 0 Å². The van der Waals surface area contributed by atoms with Gasteiger partial charge in [0.15, 0.2) is 5.82 Å². The van der Waals surface area contributed by atoms with E-state index in [4.69, 9.17) is 11.6 Å². The van der Waals surface area contributed by atoms with E-state index < -0.39 is 5.69 Å². The minimum Gasteiger partial charge on any atom is -0.506 e. The predicted octanol–water partition coefficient (Wildman–Crippen LogP) is 2.59. The number of aromatic nitrogens is 3. The SMILES string of the molecule is O=c1[nH]c(-c2ccccc2)nn1-c1cc(Cl)ccc1O. The van der Waals surface area contributed by atoms with E-state index in [-0.39, 0.29) is 11.4 Å². The molecule has 3 rings (SSSR count). The van der Waals surface area contributed by atoms with Crippen LogP contribution in [0.2, 0.25) is 5.02 Å². The van der Waals surface area contributed by atoms with Crippen LogP contribution in [0.25, 0.3) is 17.1 Å². The van der Waals surface area contributed by atoms with E-state index in [1.54, 1.807) is 0 Å². The van der Waals surface area contributed by atoms with Crippen LogP contribution in [0, 0.1) is 0 Å². The lowest BCUT2D eigenvalue weighted by Gasteiger charge is -2.03. The van der Waals surface area contributed by atoms with Crippen molar-refractivity contribution in [2.75, 3.05) is 0 Å². The maximum absolute atomic E-state index is 12.0. The Bertz CT molecular complexity index is 809. The van der Waals surface area contributed by atoms with Crippen molar-refractivity contribution < 1.29 is 5.11 Å². The third-order valence-corrected chi connectivity index (χ3v) is 3.07. The quantitative estimate of drug-likeness (QED) is 0.761. The maximum atomic E-state index is 12.0. The summed E-state index contributed by atoms with van der Waals surface area (Å²) in [6.07, 6.45) is 0. The van der Waals surface area contributed by atoms with Crippen LogP contribution in [0.15, 0.2) is 53.3 Å². The summed E-state index contributed by atoms with van der Waals surface area (Å²) >= 11 is 5.88. The van der Waals surface area contributed by atoms with Gasteiger partial charge < -0.3 is 5.11 Å². The molecule has 2 N–H and O–H groups in total. The largest absolute Gasteiger partial charge is 0.506 e. The van der Waals surface area contributed by atoms with Gasteiger partial charge in [-0.15, -0.1) is 5.10 Å². The summed E-state index contributed by atoms with van der Waals surface area (Å²) in [7, 11) is 0. The number of hydrogen-bond acceptors (Lipinski definition) is 3. The van der Waals surface area contributed by atoms with Crippen LogP contribution in [0.1, 0.15) is 0 Å². The van der Waals surface area contributed by atoms with E-state index in [9.17, 15) is 9.90 Å².